The van der Waals surface area contributed by atoms with Gasteiger partial charge in [0, 0.05) is 24.1 Å². The van der Waals surface area contributed by atoms with Gasteiger partial charge in [0.15, 0.2) is 0 Å². The molecule has 1 aromatic heterocycles. The number of benzene rings is 3. The molecule has 0 fully saturated rings. The summed E-state index contributed by atoms with van der Waals surface area (Å²) in [5.41, 5.74) is 11.3. The van der Waals surface area contributed by atoms with Gasteiger partial charge in [-0.05, 0) is 22.2 Å². The van der Waals surface area contributed by atoms with Gasteiger partial charge >= 0.3 is 0 Å². The molecule has 30 heavy (non-hydrogen) atoms. The zero-order chi connectivity index (χ0) is 20.7. The molecule has 0 spiro atoms. The lowest BCUT2D eigenvalue weighted by Gasteiger charge is -2.37. The molecule has 4 rings (SSSR count). The van der Waals surface area contributed by atoms with Crippen LogP contribution in [0, 0.1) is 0 Å². The molecule has 0 aliphatic heterocycles. The number of hydrogen-bond acceptors (Lipinski definition) is 3. The summed E-state index contributed by atoms with van der Waals surface area (Å²) in [5, 5.41) is 11.9. The van der Waals surface area contributed by atoms with Crippen molar-refractivity contribution >= 4 is 5.82 Å². The van der Waals surface area contributed by atoms with Gasteiger partial charge in [0.2, 0.25) is 0 Å². The van der Waals surface area contributed by atoms with Crippen molar-refractivity contribution in [3.8, 4) is 0 Å². The fourth-order valence-corrected chi connectivity index (χ4v) is 3.77. The van der Waals surface area contributed by atoms with Crippen molar-refractivity contribution in [2.45, 2.75) is 12.1 Å². The van der Waals surface area contributed by atoms with Crippen molar-refractivity contribution in [1.82, 2.24) is 9.78 Å². The summed E-state index contributed by atoms with van der Waals surface area (Å²) in [6.45, 7) is 0.829. The molecule has 3 aromatic carbocycles. The lowest BCUT2D eigenvalue weighted by molar-refractivity contribution is 0.609. The summed E-state index contributed by atoms with van der Waals surface area (Å²) in [6, 6.07) is 33.1. The topological polar surface area (TPSA) is 78.6 Å². The molecule has 0 amide bonds. The van der Waals surface area contributed by atoms with E-state index < -0.39 is 5.54 Å². The highest BCUT2D eigenvalue weighted by Gasteiger charge is 2.37. The van der Waals surface area contributed by atoms with Crippen LogP contribution in [0.25, 0.3) is 10.4 Å². The molecular formula is C24H22N6. The number of aromatic nitrogens is 2. The van der Waals surface area contributed by atoms with Crippen LogP contribution in [-0.2, 0) is 12.1 Å². The van der Waals surface area contributed by atoms with Gasteiger partial charge in [0.1, 0.15) is 11.4 Å². The third-order valence-electron chi connectivity index (χ3n) is 5.13. The maximum atomic E-state index is 8.61. The van der Waals surface area contributed by atoms with Crippen molar-refractivity contribution in [2.75, 3.05) is 11.9 Å². The van der Waals surface area contributed by atoms with E-state index in [1.54, 1.807) is 6.20 Å². The minimum absolute atomic E-state index is 0.335. The largest absolute Gasteiger partial charge is 0.353 e. The number of nitrogens with zero attached hydrogens (tertiary/aromatic N) is 5. The molecule has 0 aliphatic rings. The first-order valence-corrected chi connectivity index (χ1v) is 9.82. The predicted octanol–water partition coefficient (Wildman–Crippen LogP) is 5.60. The van der Waals surface area contributed by atoms with Crippen LogP contribution in [0.4, 0.5) is 5.82 Å². The summed E-state index contributed by atoms with van der Waals surface area (Å²) in [5.74, 6) is 0.847. The average molecular weight is 394 g/mol. The summed E-state index contributed by atoms with van der Waals surface area (Å²) in [7, 11) is 0. The molecule has 6 nitrogen and oxygen atoms in total. The van der Waals surface area contributed by atoms with Crippen molar-refractivity contribution in [2.24, 2.45) is 5.11 Å². The van der Waals surface area contributed by atoms with E-state index in [0.29, 0.717) is 13.1 Å². The van der Waals surface area contributed by atoms with Crippen LogP contribution in [0.5, 0.6) is 0 Å². The van der Waals surface area contributed by atoms with Crippen molar-refractivity contribution in [1.29, 1.82) is 0 Å². The highest BCUT2D eigenvalue weighted by atomic mass is 15.3. The number of azide groups is 1. The first kappa shape index (κ1) is 19.3. The number of anilines is 1. The summed E-state index contributed by atoms with van der Waals surface area (Å²) < 4.78 is 1.83. The van der Waals surface area contributed by atoms with E-state index in [9.17, 15) is 0 Å². The van der Waals surface area contributed by atoms with Crippen molar-refractivity contribution < 1.29 is 0 Å². The molecule has 1 N–H and O–H groups in total. The Hall–Kier alpha value is -4.02. The van der Waals surface area contributed by atoms with Gasteiger partial charge in [0.05, 0.1) is 6.20 Å². The van der Waals surface area contributed by atoms with E-state index in [-0.39, 0.29) is 0 Å². The van der Waals surface area contributed by atoms with Crippen LogP contribution in [0.3, 0.4) is 0 Å². The van der Waals surface area contributed by atoms with Crippen molar-refractivity contribution in [3.05, 3.63) is 130 Å². The quantitative estimate of drug-likeness (QED) is 0.183. The van der Waals surface area contributed by atoms with E-state index >= 15 is 0 Å². The van der Waals surface area contributed by atoms with Gasteiger partial charge in [-0.15, -0.1) is 0 Å². The molecular weight excluding hydrogens is 372 g/mol. The number of hydrogen-bond donors (Lipinski definition) is 1. The number of rotatable bonds is 8. The molecule has 0 saturated heterocycles. The fraction of sp³-hybridized carbons (Fsp3) is 0.125. The van der Waals surface area contributed by atoms with Gasteiger partial charge in [-0.1, -0.05) is 96.1 Å². The van der Waals surface area contributed by atoms with Gasteiger partial charge in [0.25, 0.3) is 0 Å². The van der Waals surface area contributed by atoms with Crippen LogP contribution in [0.1, 0.15) is 16.7 Å². The Balaban J connectivity index is 1.90. The smallest absolute Gasteiger partial charge is 0.125 e. The molecule has 4 aromatic rings. The van der Waals surface area contributed by atoms with Gasteiger partial charge in [-0.2, -0.15) is 5.10 Å². The van der Waals surface area contributed by atoms with Crippen LogP contribution in [0.2, 0.25) is 0 Å². The number of nitrogens with one attached hydrogen (secondary N) is 1. The summed E-state index contributed by atoms with van der Waals surface area (Å²) >= 11 is 0. The van der Waals surface area contributed by atoms with Crippen LogP contribution < -0.4 is 5.32 Å². The van der Waals surface area contributed by atoms with E-state index in [4.69, 9.17) is 5.53 Å². The lowest BCUT2D eigenvalue weighted by atomic mass is 9.77. The minimum atomic E-state index is -0.625. The highest BCUT2D eigenvalue weighted by Crippen LogP contribution is 2.39. The molecule has 0 aliphatic carbocycles. The molecule has 0 unspecified atom stereocenters. The van der Waals surface area contributed by atoms with E-state index in [0.717, 1.165) is 22.5 Å². The Morgan fingerprint density at radius 2 is 1.30 bits per heavy atom. The maximum absolute atomic E-state index is 8.61. The molecule has 0 atom stereocenters. The molecule has 148 valence electrons. The monoisotopic (exact) mass is 394 g/mol. The first-order chi connectivity index (χ1) is 14.8. The minimum Gasteiger partial charge on any atom is -0.353 e. The molecule has 0 saturated carbocycles. The Bertz CT molecular complexity index is 1020. The fourth-order valence-electron chi connectivity index (χ4n) is 3.77. The van der Waals surface area contributed by atoms with E-state index in [1.165, 1.54) is 0 Å². The van der Waals surface area contributed by atoms with Gasteiger partial charge in [-0.25, -0.2) is 4.68 Å². The van der Waals surface area contributed by atoms with Crippen LogP contribution >= 0.6 is 0 Å². The third kappa shape index (κ3) is 3.77. The lowest BCUT2D eigenvalue weighted by Crippen LogP contribution is -2.39. The SMILES string of the molecule is [N-]=[N+]=NCCn1nccc1NC(c1ccccc1)(c1ccccc1)c1ccccc1. The third-order valence-corrected chi connectivity index (χ3v) is 5.13. The Morgan fingerprint density at radius 1 is 0.800 bits per heavy atom. The van der Waals surface area contributed by atoms with E-state index in [2.05, 4.69) is 93.2 Å². The highest BCUT2D eigenvalue weighted by molar-refractivity contribution is 5.58. The van der Waals surface area contributed by atoms with Gasteiger partial charge in [-0.3, -0.25) is 0 Å². The van der Waals surface area contributed by atoms with Gasteiger partial charge < -0.3 is 5.32 Å². The van der Waals surface area contributed by atoms with Crippen molar-refractivity contribution in [3.63, 3.8) is 0 Å². The Labute approximate surface area is 175 Å². The normalized spacial score (nSPS) is 10.9. The zero-order valence-corrected chi connectivity index (χ0v) is 16.5. The second kappa shape index (κ2) is 8.99. The second-order valence-electron chi connectivity index (χ2n) is 6.87. The Kier molecular flexibility index (Phi) is 5.78. The average Bonchev–Trinajstić information content (AvgIpc) is 3.26. The molecule has 6 heteroatoms. The standard InChI is InChI=1S/C24H22N6/c25-29-26-18-19-30-23(16-17-27-30)28-24(20-10-4-1-5-11-20,21-12-6-2-7-13-21)22-14-8-3-9-15-22/h1-17,28H,18-19H2. The molecule has 0 radical (unpaired) electrons. The molecule has 1 heterocycles. The maximum Gasteiger partial charge on any atom is 0.125 e. The van der Waals surface area contributed by atoms with E-state index in [1.807, 2.05) is 28.9 Å². The van der Waals surface area contributed by atoms with Crippen LogP contribution in [-0.4, -0.2) is 16.3 Å². The Morgan fingerprint density at radius 3 is 1.77 bits per heavy atom. The predicted molar refractivity (Wildman–Crippen MR) is 119 cm³/mol. The summed E-state index contributed by atoms with van der Waals surface area (Å²) in [6.07, 6.45) is 1.75. The zero-order valence-electron chi connectivity index (χ0n) is 16.5. The second-order valence-corrected chi connectivity index (χ2v) is 6.87. The molecule has 0 bridgehead atoms. The summed E-state index contributed by atoms with van der Waals surface area (Å²) in [4.78, 5) is 2.85. The van der Waals surface area contributed by atoms with Crippen LogP contribution in [0.15, 0.2) is 108 Å². The first-order valence-electron chi connectivity index (χ1n) is 9.82.